The summed E-state index contributed by atoms with van der Waals surface area (Å²) < 4.78 is 33.3. The highest BCUT2D eigenvalue weighted by molar-refractivity contribution is 7.89. The van der Waals surface area contributed by atoms with Crippen LogP contribution in [0.15, 0.2) is 83.8 Å². The van der Waals surface area contributed by atoms with Crippen LogP contribution >= 0.6 is 11.6 Å². The molecule has 3 aromatic carbocycles. The number of hydrogen-bond acceptors (Lipinski definition) is 5. The zero-order chi connectivity index (χ0) is 27.4. The summed E-state index contributed by atoms with van der Waals surface area (Å²) in [5.74, 6) is 0.214. The maximum absolute atomic E-state index is 13.4. The van der Waals surface area contributed by atoms with Gasteiger partial charge in [0.05, 0.1) is 13.2 Å². The number of benzene rings is 3. The van der Waals surface area contributed by atoms with Gasteiger partial charge < -0.3 is 9.64 Å². The highest BCUT2D eigenvalue weighted by atomic mass is 35.5. The van der Waals surface area contributed by atoms with Crippen molar-refractivity contribution in [1.82, 2.24) is 14.1 Å². The van der Waals surface area contributed by atoms with Gasteiger partial charge in [-0.25, -0.2) is 8.42 Å². The summed E-state index contributed by atoms with van der Waals surface area (Å²) in [4.78, 5) is 17.9. The average molecular weight is 568 g/mol. The molecule has 2 fully saturated rings. The molecule has 0 radical (unpaired) electrons. The first-order valence-corrected chi connectivity index (χ1v) is 15.2. The molecule has 2 saturated heterocycles. The number of carbonyl (C=O) groups excluding carboxylic acids is 1. The molecule has 206 valence electrons. The molecule has 2 aliphatic rings. The van der Waals surface area contributed by atoms with Gasteiger partial charge in [-0.3, -0.25) is 9.69 Å². The van der Waals surface area contributed by atoms with Gasteiger partial charge in [-0.1, -0.05) is 72.3 Å². The molecule has 0 spiro atoms. The Morgan fingerprint density at radius 1 is 0.846 bits per heavy atom. The molecule has 0 bridgehead atoms. The number of carbonyl (C=O) groups is 1. The molecule has 1 amide bonds. The quantitative estimate of drug-likeness (QED) is 0.414. The molecule has 9 heteroatoms. The zero-order valence-electron chi connectivity index (χ0n) is 22.1. The summed E-state index contributed by atoms with van der Waals surface area (Å²) in [7, 11) is -2.34. The number of amides is 1. The highest BCUT2D eigenvalue weighted by Crippen LogP contribution is 2.33. The molecule has 2 aliphatic heterocycles. The van der Waals surface area contributed by atoms with Crippen LogP contribution in [-0.4, -0.2) is 74.8 Å². The third kappa shape index (κ3) is 5.99. The number of rotatable bonds is 7. The normalized spacial score (nSPS) is 17.9. The molecule has 39 heavy (non-hydrogen) atoms. The molecule has 0 atom stereocenters. The van der Waals surface area contributed by atoms with E-state index in [4.69, 9.17) is 16.3 Å². The standard InChI is InChI=1S/C30H34ClN3O4S/c1-38-27-13-12-26(31)22-28(27)39(36,37)34-16-14-25(15-17-34)30(35)33-20-18-32(19-21-33)29(23-8-4-2-5-9-23)24-10-6-3-7-11-24/h2-13,22,25,29H,14-21H2,1H3. The van der Waals surface area contributed by atoms with E-state index in [1.807, 2.05) is 17.0 Å². The summed E-state index contributed by atoms with van der Waals surface area (Å²) in [6, 6.07) is 25.7. The third-order valence-corrected chi connectivity index (χ3v) is 9.92. The fourth-order valence-electron chi connectivity index (χ4n) is 5.68. The van der Waals surface area contributed by atoms with Gasteiger partial charge in [0, 0.05) is 50.2 Å². The fourth-order valence-corrected chi connectivity index (χ4v) is 7.57. The molecule has 5 rings (SSSR count). The monoisotopic (exact) mass is 567 g/mol. The van der Waals surface area contributed by atoms with Gasteiger partial charge in [-0.05, 0) is 42.2 Å². The summed E-state index contributed by atoms with van der Waals surface area (Å²) in [6.07, 6.45) is 0.996. The van der Waals surface area contributed by atoms with Gasteiger partial charge in [0.25, 0.3) is 0 Å². The second kappa shape index (κ2) is 12.1. The van der Waals surface area contributed by atoms with Crippen molar-refractivity contribution >= 4 is 27.5 Å². The van der Waals surface area contributed by atoms with Crippen LogP contribution in [0.25, 0.3) is 0 Å². The van der Waals surface area contributed by atoms with Gasteiger partial charge in [0.2, 0.25) is 15.9 Å². The smallest absolute Gasteiger partial charge is 0.246 e. The van der Waals surface area contributed by atoms with Crippen molar-refractivity contribution in [1.29, 1.82) is 0 Å². The molecule has 0 saturated carbocycles. The molecule has 3 aromatic rings. The Balaban J connectivity index is 1.21. The van der Waals surface area contributed by atoms with Gasteiger partial charge in [0.15, 0.2) is 0 Å². The largest absolute Gasteiger partial charge is 0.495 e. The Kier molecular flexibility index (Phi) is 8.57. The van der Waals surface area contributed by atoms with Gasteiger partial charge in [-0.2, -0.15) is 4.31 Å². The lowest BCUT2D eigenvalue weighted by molar-refractivity contribution is -0.138. The van der Waals surface area contributed by atoms with E-state index in [0.717, 1.165) is 13.1 Å². The Morgan fingerprint density at radius 3 is 1.95 bits per heavy atom. The minimum atomic E-state index is -3.78. The molecule has 0 aliphatic carbocycles. The molecule has 0 N–H and O–H groups in total. The van der Waals surface area contributed by atoms with E-state index in [-0.39, 0.29) is 28.5 Å². The van der Waals surface area contributed by atoms with Gasteiger partial charge in [0.1, 0.15) is 10.6 Å². The summed E-state index contributed by atoms with van der Waals surface area (Å²) >= 11 is 6.08. The van der Waals surface area contributed by atoms with Crippen LogP contribution < -0.4 is 4.74 Å². The lowest BCUT2D eigenvalue weighted by atomic mass is 9.95. The van der Waals surface area contributed by atoms with Crippen molar-refractivity contribution in [2.24, 2.45) is 5.92 Å². The van der Waals surface area contributed by atoms with Gasteiger partial charge >= 0.3 is 0 Å². The second-order valence-corrected chi connectivity index (χ2v) is 12.4. The second-order valence-electron chi connectivity index (χ2n) is 10.1. The lowest BCUT2D eigenvalue weighted by Gasteiger charge is -2.41. The number of nitrogens with zero attached hydrogens (tertiary/aromatic N) is 3. The molecule has 0 aromatic heterocycles. The highest BCUT2D eigenvalue weighted by Gasteiger charge is 2.36. The maximum atomic E-state index is 13.4. The number of ether oxygens (including phenoxy) is 1. The SMILES string of the molecule is COc1ccc(Cl)cc1S(=O)(=O)N1CCC(C(=O)N2CCN(C(c3ccccc3)c3ccccc3)CC2)CC1. The maximum Gasteiger partial charge on any atom is 0.246 e. The predicted molar refractivity (Wildman–Crippen MR) is 152 cm³/mol. The van der Waals surface area contributed by atoms with Crippen LogP contribution in [0.4, 0.5) is 0 Å². The Labute approximate surface area is 236 Å². The predicted octanol–water partition coefficient (Wildman–Crippen LogP) is 4.68. The number of piperidine rings is 1. The van der Waals surface area contributed by atoms with E-state index in [0.29, 0.717) is 44.0 Å². The van der Waals surface area contributed by atoms with E-state index in [1.165, 1.54) is 28.6 Å². The Bertz CT molecular complexity index is 1330. The molecule has 7 nitrogen and oxygen atoms in total. The minimum Gasteiger partial charge on any atom is -0.495 e. The van der Waals surface area contributed by atoms with Crippen LogP contribution in [0, 0.1) is 5.92 Å². The van der Waals surface area contributed by atoms with Gasteiger partial charge in [-0.15, -0.1) is 0 Å². The van der Waals surface area contributed by atoms with E-state index in [9.17, 15) is 13.2 Å². The van der Waals surface area contributed by atoms with Crippen molar-refractivity contribution in [3.63, 3.8) is 0 Å². The molecule has 2 heterocycles. The summed E-state index contributed by atoms with van der Waals surface area (Å²) in [5, 5.41) is 0.334. The van der Waals surface area contributed by atoms with Crippen molar-refractivity contribution in [3.05, 3.63) is 95.0 Å². The van der Waals surface area contributed by atoms with E-state index in [1.54, 1.807) is 12.1 Å². The molecular formula is C30H34ClN3O4S. The number of halogens is 1. The first-order chi connectivity index (χ1) is 18.9. The summed E-state index contributed by atoms with van der Waals surface area (Å²) in [5.41, 5.74) is 2.49. The van der Waals surface area contributed by atoms with E-state index < -0.39 is 10.0 Å². The fraction of sp³-hybridized carbons (Fsp3) is 0.367. The van der Waals surface area contributed by atoms with Crippen LogP contribution in [0.3, 0.4) is 0 Å². The number of hydrogen-bond donors (Lipinski definition) is 0. The molecular weight excluding hydrogens is 534 g/mol. The van der Waals surface area contributed by atoms with Crippen LogP contribution in [0.1, 0.15) is 30.0 Å². The Morgan fingerprint density at radius 2 is 1.41 bits per heavy atom. The lowest BCUT2D eigenvalue weighted by Crippen LogP contribution is -2.52. The molecule has 0 unspecified atom stereocenters. The first kappa shape index (κ1) is 27.6. The topological polar surface area (TPSA) is 70.2 Å². The van der Waals surface area contributed by atoms with Crippen LogP contribution in [0.5, 0.6) is 5.75 Å². The first-order valence-electron chi connectivity index (χ1n) is 13.3. The van der Waals surface area contributed by atoms with Crippen molar-refractivity contribution in [2.45, 2.75) is 23.8 Å². The number of piperazine rings is 1. The zero-order valence-corrected chi connectivity index (χ0v) is 23.7. The third-order valence-electron chi connectivity index (χ3n) is 7.77. The van der Waals surface area contributed by atoms with Crippen LogP contribution in [0.2, 0.25) is 5.02 Å². The minimum absolute atomic E-state index is 0.0600. The van der Waals surface area contributed by atoms with Crippen molar-refractivity contribution in [2.75, 3.05) is 46.4 Å². The van der Waals surface area contributed by atoms with Crippen LogP contribution in [-0.2, 0) is 14.8 Å². The van der Waals surface area contributed by atoms with E-state index >= 15 is 0 Å². The Hall–Kier alpha value is -2.91. The van der Waals surface area contributed by atoms with Crippen molar-refractivity contribution in [3.8, 4) is 5.75 Å². The number of sulfonamides is 1. The van der Waals surface area contributed by atoms with E-state index in [2.05, 4.69) is 53.4 Å². The van der Waals surface area contributed by atoms with Crippen molar-refractivity contribution < 1.29 is 17.9 Å². The number of methoxy groups -OCH3 is 1. The average Bonchev–Trinajstić information content (AvgIpc) is 2.98. The summed E-state index contributed by atoms with van der Waals surface area (Å²) in [6.45, 7) is 3.46.